The number of fused-ring (bicyclic) bond motifs is 1. The Bertz CT molecular complexity index is 1380. The summed E-state index contributed by atoms with van der Waals surface area (Å²) in [6, 6.07) is 22.7. The molecule has 0 aliphatic heterocycles. The first-order chi connectivity index (χ1) is 16.2. The molecule has 7 heteroatoms. The fourth-order valence-corrected chi connectivity index (χ4v) is 4.19. The Kier molecular flexibility index (Phi) is 6.19. The molecular weight excluding hydrogens is 437 g/mol. The molecule has 2 N–H and O–H groups in total. The zero-order chi connectivity index (χ0) is 22.6. The van der Waals surface area contributed by atoms with Gasteiger partial charge in [-0.2, -0.15) is 15.0 Å². The minimum absolute atomic E-state index is 0.359. The highest BCUT2D eigenvalue weighted by molar-refractivity contribution is 6.31. The van der Waals surface area contributed by atoms with Crippen LogP contribution in [0.3, 0.4) is 0 Å². The van der Waals surface area contributed by atoms with Gasteiger partial charge in [-0.15, -0.1) is 0 Å². The van der Waals surface area contributed by atoms with E-state index < -0.39 is 0 Å². The molecule has 0 atom stereocenters. The van der Waals surface area contributed by atoms with Crippen molar-refractivity contribution in [3.8, 4) is 11.3 Å². The van der Waals surface area contributed by atoms with E-state index in [1.54, 1.807) is 10.9 Å². The summed E-state index contributed by atoms with van der Waals surface area (Å²) in [6.45, 7) is 1.77. The zero-order valence-corrected chi connectivity index (χ0v) is 18.7. The van der Waals surface area contributed by atoms with E-state index in [9.17, 15) is 4.39 Å². The summed E-state index contributed by atoms with van der Waals surface area (Å²) >= 11 is 6.21. The van der Waals surface area contributed by atoms with Crippen molar-refractivity contribution >= 4 is 22.5 Å². The molecule has 5 rings (SSSR count). The molecule has 5 nitrogen and oxygen atoms in total. The Morgan fingerprint density at radius 2 is 1.76 bits per heavy atom. The number of hydrogen-bond donors (Lipinski definition) is 2. The molecule has 0 amide bonds. The first-order valence-electron chi connectivity index (χ1n) is 10.9. The van der Waals surface area contributed by atoms with Gasteiger partial charge in [0, 0.05) is 34.2 Å². The predicted molar refractivity (Wildman–Crippen MR) is 130 cm³/mol. The SMILES string of the molecule is Fc1ccc(Cn2nc(CNCCc3c[nH]c4ccccc34)c(-c3ccccc3)n2)c(Cl)c1. The van der Waals surface area contributed by atoms with Gasteiger partial charge in [-0.05, 0) is 42.3 Å². The molecule has 2 aromatic heterocycles. The van der Waals surface area contributed by atoms with Gasteiger partial charge in [0.25, 0.3) is 0 Å². The summed E-state index contributed by atoms with van der Waals surface area (Å²) in [5.41, 5.74) is 5.90. The van der Waals surface area contributed by atoms with E-state index in [4.69, 9.17) is 21.8 Å². The molecule has 0 aliphatic rings. The second-order valence-electron chi connectivity index (χ2n) is 7.91. The average molecular weight is 460 g/mol. The topological polar surface area (TPSA) is 58.5 Å². The number of aromatic amines is 1. The smallest absolute Gasteiger partial charge is 0.124 e. The van der Waals surface area contributed by atoms with Gasteiger partial charge in [0.15, 0.2) is 0 Å². The molecule has 0 spiro atoms. The van der Waals surface area contributed by atoms with E-state index in [2.05, 4.69) is 34.7 Å². The van der Waals surface area contributed by atoms with Gasteiger partial charge in [-0.1, -0.05) is 66.2 Å². The van der Waals surface area contributed by atoms with Crippen molar-refractivity contribution in [1.82, 2.24) is 25.3 Å². The normalized spacial score (nSPS) is 11.3. The summed E-state index contributed by atoms with van der Waals surface area (Å²) in [7, 11) is 0. The number of hydrogen-bond acceptors (Lipinski definition) is 3. The highest BCUT2D eigenvalue weighted by Gasteiger charge is 2.14. The molecule has 2 heterocycles. The summed E-state index contributed by atoms with van der Waals surface area (Å²) in [5, 5.41) is 14.6. The van der Waals surface area contributed by atoms with Crippen molar-refractivity contribution in [1.29, 1.82) is 0 Å². The number of aromatic nitrogens is 4. The number of rotatable bonds is 8. The highest BCUT2D eigenvalue weighted by Crippen LogP contribution is 2.23. The molecule has 0 unspecified atom stereocenters. The lowest BCUT2D eigenvalue weighted by molar-refractivity contribution is 0.574. The molecule has 0 aliphatic carbocycles. The minimum Gasteiger partial charge on any atom is -0.361 e. The quantitative estimate of drug-likeness (QED) is 0.297. The van der Waals surface area contributed by atoms with Crippen molar-refractivity contribution in [2.75, 3.05) is 6.54 Å². The summed E-state index contributed by atoms with van der Waals surface area (Å²) in [5.74, 6) is -0.359. The molecule has 0 bridgehead atoms. The van der Waals surface area contributed by atoms with Crippen LogP contribution in [0.25, 0.3) is 22.2 Å². The number of H-pyrrole nitrogens is 1. The van der Waals surface area contributed by atoms with E-state index in [0.717, 1.165) is 41.0 Å². The third kappa shape index (κ3) is 4.82. The number of nitrogens with zero attached hydrogens (tertiary/aromatic N) is 3. The fourth-order valence-electron chi connectivity index (χ4n) is 3.96. The first kappa shape index (κ1) is 21.4. The fraction of sp³-hybridized carbons (Fsp3) is 0.154. The van der Waals surface area contributed by atoms with Crippen LogP contribution in [0.2, 0.25) is 5.02 Å². The van der Waals surface area contributed by atoms with Crippen LogP contribution in [0.1, 0.15) is 16.8 Å². The summed E-state index contributed by atoms with van der Waals surface area (Å²) in [6.07, 6.45) is 2.98. The third-order valence-electron chi connectivity index (χ3n) is 5.64. The Labute approximate surface area is 196 Å². The molecular formula is C26H23ClFN5. The standard InChI is InChI=1S/C26H23ClFN5/c27-23-14-21(28)11-10-20(23)17-33-31-25(26(32-33)18-6-2-1-3-7-18)16-29-13-12-19-15-30-24-9-5-4-8-22(19)24/h1-11,14-15,29-30H,12-13,16-17H2. The zero-order valence-electron chi connectivity index (χ0n) is 17.9. The van der Waals surface area contributed by atoms with Crippen LogP contribution in [0.5, 0.6) is 0 Å². The van der Waals surface area contributed by atoms with Crippen molar-refractivity contribution in [2.45, 2.75) is 19.5 Å². The number of para-hydroxylation sites is 1. The maximum Gasteiger partial charge on any atom is 0.124 e. The van der Waals surface area contributed by atoms with Crippen LogP contribution < -0.4 is 5.32 Å². The van der Waals surface area contributed by atoms with Crippen LogP contribution in [0.4, 0.5) is 4.39 Å². The van der Waals surface area contributed by atoms with Gasteiger partial charge in [0.05, 0.1) is 6.54 Å². The van der Waals surface area contributed by atoms with E-state index in [-0.39, 0.29) is 5.82 Å². The number of halogens is 2. The van der Waals surface area contributed by atoms with Crippen LogP contribution in [0.15, 0.2) is 79.0 Å². The highest BCUT2D eigenvalue weighted by atomic mass is 35.5. The average Bonchev–Trinajstić information content (AvgIpc) is 3.43. The maximum absolute atomic E-state index is 13.4. The van der Waals surface area contributed by atoms with E-state index in [1.807, 2.05) is 36.4 Å². The molecule has 0 radical (unpaired) electrons. The minimum atomic E-state index is -0.359. The van der Waals surface area contributed by atoms with Crippen molar-refractivity contribution in [2.24, 2.45) is 0 Å². The molecule has 33 heavy (non-hydrogen) atoms. The van der Waals surface area contributed by atoms with Crippen LogP contribution in [-0.4, -0.2) is 26.5 Å². The van der Waals surface area contributed by atoms with Gasteiger partial charge in [-0.3, -0.25) is 0 Å². The lowest BCUT2D eigenvalue weighted by Gasteiger charge is -2.04. The first-order valence-corrected chi connectivity index (χ1v) is 11.2. The van der Waals surface area contributed by atoms with E-state index in [1.165, 1.54) is 23.1 Å². The third-order valence-corrected chi connectivity index (χ3v) is 5.99. The van der Waals surface area contributed by atoms with Gasteiger partial charge in [-0.25, -0.2) is 4.39 Å². The van der Waals surface area contributed by atoms with Crippen molar-refractivity contribution in [3.63, 3.8) is 0 Å². The molecule has 0 fully saturated rings. The van der Waals surface area contributed by atoms with Crippen LogP contribution in [-0.2, 0) is 19.5 Å². The van der Waals surface area contributed by atoms with Crippen molar-refractivity contribution in [3.05, 3.63) is 107 Å². The molecule has 3 aromatic carbocycles. The monoisotopic (exact) mass is 459 g/mol. The molecule has 0 saturated carbocycles. The molecule has 0 saturated heterocycles. The molecule has 166 valence electrons. The lowest BCUT2D eigenvalue weighted by Crippen LogP contribution is -2.17. The van der Waals surface area contributed by atoms with Gasteiger partial charge >= 0.3 is 0 Å². The molecule has 5 aromatic rings. The Morgan fingerprint density at radius 1 is 0.939 bits per heavy atom. The second-order valence-corrected chi connectivity index (χ2v) is 8.32. The van der Waals surface area contributed by atoms with Crippen LogP contribution >= 0.6 is 11.6 Å². The van der Waals surface area contributed by atoms with E-state index in [0.29, 0.717) is 18.1 Å². The Morgan fingerprint density at radius 3 is 2.61 bits per heavy atom. The largest absolute Gasteiger partial charge is 0.361 e. The predicted octanol–water partition coefficient (Wildman–Crippen LogP) is 5.60. The number of benzene rings is 3. The maximum atomic E-state index is 13.4. The summed E-state index contributed by atoms with van der Waals surface area (Å²) in [4.78, 5) is 4.95. The lowest BCUT2D eigenvalue weighted by atomic mass is 10.1. The van der Waals surface area contributed by atoms with Crippen molar-refractivity contribution < 1.29 is 4.39 Å². The van der Waals surface area contributed by atoms with Gasteiger partial charge in [0.1, 0.15) is 17.2 Å². The summed E-state index contributed by atoms with van der Waals surface area (Å²) < 4.78 is 13.4. The second kappa shape index (κ2) is 9.57. The van der Waals surface area contributed by atoms with Gasteiger partial charge in [0.2, 0.25) is 0 Å². The van der Waals surface area contributed by atoms with E-state index >= 15 is 0 Å². The van der Waals surface area contributed by atoms with Crippen LogP contribution in [0, 0.1) is 5.82 Å². The number of nitrogens with one attached hydrogen (secondary N) is 2. The Balaban J connectivity index is 1.32. The van der Waals surface area contributed by atoms with Gasteiger partial charge < -0.3 is 10.3 Å². The Hall–Kier alpha value is -3.48.